The van der Waals surface area contributed by atoms with Crippen LogP contribution in [-0.2, 0) is 17.7 Å². The van der Waals surface area contributed by atoms with Crippen molar-refractivity contribution in [3.63, 3.8) is 0 Å². The topological polar surface area (TPSA) is 74.3 Å². The van der Waals surface area contributed by atoms with Gasteiger partial charge in [0.25, 0.3) is 0 Å². The first-order valence-electron chi connectivity index (χ1n) is 13.4. The number of likely N-dealkylation sites (tertiary alicyclic amines) is 1. The molecule has 1 amide bonds. The number of ether oxygens (including phenoxy) is 2. The second-order valence-corrected chi connectivity index (χ2v) is 12.5. The number of rotatable bonds is 6. The van der Waals surface area contributed by atoms with E-state index < -0.39 is 5.60 Å². The first kappa shape index (κ1) is 28.8. The average Bonchev–Trinajstić information content (AvgIpc) is 3.15. The summed E-state index contributed by atoms with van der Waals surface area (Å²) in [7, 11) is 2.12. The molecule has 2 saturated heterocycles. The summed E-state index contributed by atoms with van der Waals surface area (Å²) < 4.78 is 26.2. The van der Waals surface area contributed by atoms with E-state index in [9.17, 15) is 9.18 Å². The molecule has 1 aromatic rings. The molecule has 0 aliphatic carbocycles. The molecule has 1 atom stereocenters. The van der Waals surface area contributed by atoms with E-state index in [1.807, 2.05) is 25.7 Å². The zero-order valence-corrected chi connectivity index (χ0v) is 25.2. The van der Waals surface area contributed by atoms with Crippen LogP contribution in [0.4, 0.5) is 15.0 Å². The summed E-state index contributed by atoms with van der Waals surface area (Å²) in [4.78, 5) is 30.6. The lowest BCUT2D eigenvalue weighted by Gasteiger charge is -2.37. The largest absolute Gasteiger partial charge is 0.462 e. The minimum Gasteiger partial charge on any atom is -0.462 e. The SMILES string of the molecule is C=C(I)/C(=C/F)N1CCCc2c(nc(OC[C@@H]3CCCN3C)nc2N2CCN(C(=O)OC(C)(C)C)CC2)C1. The standard InChI is InChI=1S/C27H40FIN6O3/c1-19(29)23(16-28)35-11-7-9-21-22(17-35)30-25(37-18-20-8-6-10-32(20)5)31-24(21)33-12-14-34(15-13-33)26(36)38-27(2,3)4/h16,20H,1,6-15,17-18H2,2-5H3/b23-16-/t20-/m0/s1. The molecule has 0 unspecified atom stereocenters. The van der Waals surface area contributed by atoms with Gasteiger partial charge in [-0.1, -0.05) is 6.58 Å². The highest BCUT2D eigenvalue weighted by Crippen LogP contribution is 2.32. The Morgan fingerprint density at radius 3 is 2.47 bits per heavy atom. The van der Waals surface area contributed by atoms with Gasteiger partial charge in [0.15, 0.2) is 0 Å². The van der Waals surface area contributed by atoms with Gasteiger partial charge in [-0.25, -0.2) is 9.18 Å². The quantitative estimate of drug-likeness (QED) is 0.332. The average molecular weight is 643 g/mol. The molecule has 4 heterocycles. The highest BCUT2D eigenvalue weighted by Gasteiger charge is 2.30. The number of hydrogen-bond donors (Lipinski definition) is 0. The Bertz CT molecular complexity index is 1050. The van der Waals surface area contributed by atoms with Crippen molar-refractivity contribution >= 4 is 34.5 Å². The van der Waals surface area contributed by atoms with Crippen LogP contribution in [0.5, 0.6) is 6.01 Å². The molecule has 38 heavy (non-hydrogen) atoms. The number of hydrogen-bond acceptors (Lipinski definition) is 8. The number of halogens is 2. The summed E-state index contributed by atoms with van der Waals surface area (Å²) in [5.41, 5.74) is 1.88. The molecule has 4 rings (SSSR count). The van der Waals surface area contributed by atoms with Gasteiger partial charge in [0.05, 0.1) is 17.9 Å². The predicted octanol–water partition coefficient (Wildman–Crippen LogP) is 4.51. The Balaban J connectivity index is 1.58. The third-order valence-corrected chi connectivity index (χ3v) is 7.83. The van der Waals surface area contributed by atoms with E-state index in [0.717, 1.165) is 49.3 Å². The van der Waals surface area contributed by atoms with Crippen LogP contribution in [0.3, 0.4) is 0 Å². The predicted molar refractivity (Wildman–Crippen MR) is 154 cm³/mol. The Labute approximate surface area is 239 Å². The van der Waals surface area contributed by atoms with Gasteiger partial charge in [0.2, 0.25) is 0 Å². The van der Waals surface area contributed by atoms with Crippen LogP contribution >= 0.6 is 22.6 Å². The van der Waals surface area contributed by atoms with E-state index >= 15 is 0 Å². The van der Waals surface area contributed by atoms with Gasteiger partial charge in [-0.15, -0.1) is 0 Å². The van der Waals surface area contributed by atoms with Crippen molar-refractivity contribution in [1.29, 1.82) is 0 Å². The Morgan fingerprint density at radius 1 is 1.13 bits per heavy atom. The van der Waals surface area contributed by atoms with Crippen molar-refractivity contribution in [1.82, 2.24) is 24.7 Å². The molecule has 0 bridgehead atoms. The Morgan fingerprint density at radius 2 is 1.87 bits per heavy atom. The van der Waals surface area contributed by atoms with Crippen LogP contribution in [0.2, 0.25) is 0 Å². The maximum absolute atomic E-state index is 13.8. The van der Waals surface area contributed by atoms with Gasteiger partial charge >= 0.3 is 12.1 Å². The zero-order chi connectivity index (χ0) is 27.4. The highest BCUT2D eigenvalue weighted by atomic mass is 127. The summed E-state index contributed by atoms with van der Waals surface area (Å²) in [5, 5.41) is 0. The second-order valence-electron chi connectivity index (χ2n) is 11.2. The first-order valence-corrected chi connectivity index (χ1v) is 14.5. The molecule has 0 aromatic carbocycles. The third-order valence-electron chi connectivity index (χ3n) is 7.28. The zero-order valence-electron chi connectivity index (χ0n) is 23.0. The van der Waals surface area contributed by atoms with Gasteiger partial charge in [-0.05, 0) is 82.6 Å². The van der Waals surface area contributed by atoms with Crippen LogP contribution in [0.1, 0.15) is 51.3 Å². The first-order chi connectivity index (χ1) is 18.1. The third kappa shape index (κ3) is 7.08. The molecule has 0 N–H and O–H groups in total. The van der Waals surface area contributed by atoms with Crippen LogP contribution in [-0.4, -0.2) is 95.3 Å². The molecular weight excluding hydrogens is 602 g/mol. The summed E-state index contributed by atoms with van der Waals surface area (Å²) in [5.74, 6) is 0.856. The van der Waals surface area contributed by atoms with Gasteiger partial charge in [-0.3, -0.25) is 0 Å². The molecule has 210 valence electrons. The van der Waals surface area contributed by atoms with E-state index in [0.29, 0.717) is 73.5 Å². The van der Waals surface area contributed by atoms with Crippen molar-refractivity contribution in [2.45, 2.75) is 64.6 Å². The summed E-state index contributed by atoms with van der Waals surface area (Å²) in [6.45, 7) is 14.7. The molecule has 11 heteroatoms. The van der Waals surface area contributed by atoms with Gasteiger partial charge in [0.1, 0.15) is 24.4 Å². The lowest BCUT2D eigenvalue weighted by molar-refractivity contribution is 0.0240. The van der Waals surface area contributed by atoms with Crippen molar-refractivity contribution < 1.29 is 18.7 Å². The molecular formula is C27H40FIN6O3. The van der Waals surface area contributed by atoms with Crippen LogP contribution in [0, 0.1) is 0 Å². The van der Waals surface area contributed by atoms with E-state index in [4.69, 9.17) is 19.4 Å². The smallest absolute Gasteiger partial charge is 0.410 e. The number of nitrogens with zero attached hydrogens (tertiary/aromatic N) is 6. The summed E-state index contributed by atoms with van der Waals surface area (Å²) in [6, 6.07) is 0.702. The van der Waals surface area contributed by atoms with Crippen molar-refractivity contribution in [2.75, 3.05) is 57.8 Å². The summed E-state index contributed by atoms with van der Waals surface area (Å²) in [6.07, 6.45) is 4.23. The van der Waals surface area contributed by atoms with E-state index in [2.05, 4.69) is 46.0 Å². The number of piperazine rings is 1. The molecule has 0 spiro atoms. The van der Waals surface area contributed by atoms with E-state index in [1.165, 1.54) is 0 Å². The maximum Gasteiger partial charge on any atom is 0.410 e. The van der Waals surface area contributed by atoms with Crippen LogP contribution in [0.25, 0.3) is 0 Å². The fraction of sp³-hybridized carbons (Fsp3) is 0.667. The molecule has 0 saturated carbocycles. The number of fused-ring (bicyclic) bond motifs is 1. The van der Waals surface area contributed by atoms with Gasteiger partial charge in [-0.2, -0.15) is 9.97 Å². The number of likely N-dealkylation sites (N-methyl/N-ethyl adjacent to an activating group) is 1. The monoisotopic (exact) mass is 642 g/mol. The minimum atomic E-state index is -0.528. The lowest BCUT2D eigenvalue weighted by atomic mass is 10.1. The number of carbonyl (C=O) groups is 1. The fourth-order valence-corrected chi connectivity index (χ4v) is 5.67. The number of allylic oxidation sites excluding steroid dienone is 1. The van der Waals surface area contributed by atoms with Crippen molar-refractivity contribution in [2.24, 2.45) is 0 Å². The van der Waals surface area contributed by atoms with E-state index in [-0.39, 0.29) is 6.09 Å². The number of carbonyl (C=O) groups excluding carboxylic acids is 1. The molecule has 2 fully saturated rings. The van der Waals surface area contributed by atoms with Gasteiger partial charge in [0, 0.05) is 47.9 Å². The molecule has 3 aliphatic heterocycles. The Kier molecular flexibility index (Phi) is 9.38. The molecule has 0 radical (unpaired) electrons. The fourth-order valence-electron chi connectivity index (χ4n) is 5.21. The Hall–Kier alpha value is -2.15. The minimum absolute atomic E-state index is 0.288. The number of amides is 1. The second kappa shape index (κ2) is 12.4. The maximum atomic E-state index is 13.8. The summed E-state index contributed by atoms with van der Waals surface area (Å²) >= 11 is 2.06. The van der Waals surface area contributed by atoms with Crippen LogP contribution < -0.4 is 9.64 Å². The van der Waals surface area contributed by atoms with E-state index in [1.54, 1.807) is 4.90 Å². The highest BCUT2D eigenvalue weighted by molar-refractivity contribution is 14.1. The van der Waals surface area contributed by atoms with Crippen molar-refractivity contribution in [3.8, 4) is 6.01 Å². The number of aromatic nitrogens is 2. The molecule has 9 nitrogen and oxygen atoms in total. The van der Waals surface area contributed by atoms with Crippen LogP contribution in [0.15, 0.2) is 22.2 Å². The lowest BCUT2D eigenvalue weighted by Crippen LogP contribution is -2.50. The van der Waals surface area contributed by atoms with Gasteiger partial charge < -0.3 is 29.1 Å². The number of anilines is 1. The molecule has 3 aliphatic rings. The van der Waals surface area contributed by atoms with Crippen molar-refractivity contribution in [3.05, 3.63) is 33.4 Å². The normalized spacial score (nSPS) is 21.3. The molecule has 1 aromatic heterocycles.